The Bertz CT molecular complexity index is 535. The number of benzene rings is 1. The molecule has 2 aromatic rings. The van der Waals surface area contributed by atoms with Crippen molar-refractivity contribution in [2.45, 2.75) is 26.8 Å². The van der Waals surface area contributed by atoms with Crippen LogP contribution in [-0.4, -0.2) is 20.2 Å². The van der Waals surface area contributed by atoms with Gasteiger partial charge in [-0.15, -0.1) is 5.10 Å². The molecule has 0 amide bonds. The van der Waals surface area contributed by atoms with Gasteiger partial charge < -0.3 is 5.73 Å². The lowest BCUT2D eigenvalue weighted by Gasteiger charge is -2.07. The molecule has 0 bridgehead atoms. The topological polar surface area (TPSA) is 69.6 Å². The van der Waals surface area contributed by atoms with Crippen molar-refractivity contribution in [1.82, 2.24) is 20.2 Å². The number of hydrogen-bond donors (Lipinski definition) is 1. The van der Waals surface area contributed by atoms with Gasteiger partial charge in [-0.25, -0.2) is 9.07 Å². The first-order valence-electron chi connectivity index (χ1n) is 5.89. The predicted octanol–water partition coefficient (Wildman–Crippen LogP) is 2.11. The van der Waals surface area contributed by atoms with Gasteiger partial charge in [-0.2, -0.15) is 0 Å². The third kappa shape index (κ3) is 2.64. The molecule has 0 unspecified atom stereocenters. The number of aromatic nitrogens is 4. The van der Waals surface area contributed by atoms with Crippen LogP contribution in [0.3, 0.4) is 0 Å². The van der Waals surface area contributed by atoms with E-state index >= 15 is 0 Å². The van der Waals surface area contributed by atoms with Crippen LogP contribution in [0.4, 0.5) is 10.1 Å². The zero-order valence-electron chi connectivity index (χ0n) is 10.5. The summed E-state index contributed by atoms with van der Waals surface area (Å²) in [6.45, 7) is 4.89. The number of halogens is 1. The van der Waals surface area contributed by atoms with E-state index in [1.165, 1.54) is 12.1 Å². The second-order valence-electron chi connectivity index (χ2n) is 4.65. The van der Waals surface area contributed by atoms with Crippen LogP contribution in [0.1, 0.15) is 20.3 Å². The van der Waals surface area contributed by atoms with E-state index in [0.717, 1.165) is 6.42 Å². The van der Waals surface area contributed by atoms with Crippen molar-refractivity contribution in [3.8, 4) is 11.4 Å². The first-order chi connectivity index (χ1) is 8.58. The van der Waals surface area contributed by atoms with Gasteiger partial charge in [0.1, 0.15) is 5.82 Å². The average Bonchev–Trinajstić information content (AvgIpc) is 2.77. The van der Waals surface area contributed by atoms with Crippen molar-refractivity contribution in [1.29, 1.82) is 0 Å². The van der Waals surface area contributed by atoms with E-state index in [1.54, 1.807) is 10.7 Å². The van der Waals surface area contributed by atoms with Gasteiger partial charge >= 0.3 is 0 Å². The number of nitrogen functional groups attached to an aromatic ring is 1. The van der Waals surface area contributed by atoms with E-state index in [-0.39, 0.29) is 5.82 Å². The zero-order valence-corrected chi connectivity index (χ0v) is 10.5. The van der Waals surface area contributed by atoms with E-state index < -0.39 is 0 Å². The molecule has 0 aliphatic carbocycles. The van der Waals surface area contributed by atoms with Crippen molar-refractivity contribution in [3.05, 3.63) is 24.0 Å². The third-order valence-electron chi connectivity index (χ3n) is 2.68. The standard InChI is InChI=1S/C12H16FN5/c1-8(2)5-6-18-12(15-16-17-18)10-7-9(14)3-4-11(10)13/h3-4,7-8H,5-6,14H2,1-2H3. The maximum absolute atomic E-state index is 13.7. The van der Waals surface area contributed by atoms with Gasteiger partial charge in [0.05, 0.1) is 5.56 Å². The molecule has 18 heavy (non-hydrogen) atoms. The van der Waals surface area contributed by atoms with Crippen LogP contribution in [0, 0.1) is 11.7 Å². The summed E-state index contributed by atoms with van der Waals surface area (Å²) >= 11 is 0. The second kappa shape index (κ2) is 5.12. The van der Waals surface area contributed by atoms with Crippen LogP contribution < -0.4 is 5.73 Å². The minimum Gasteiger partial charge on any atom is -0.399 e. The summed E-state index contributed by atoms with van der Waals surface area (Å²) in [4.78, 5) is 0. The van der Waals surface area contributed by atoms with Gasteiger partial charge in [-0.05, 0) is 41.0 Å². The molecule has 0 atom stereocenters. The van der Waals surface area contributed by atoms with Gasteiger partial charge in [-0.3, -0.25) is 0 Å². The fourth-order valence-electron chi connectivity index (χ4n) is 1.64. The average molecular weight is 249 g/mol. The Balaban J connectivity index is 2.33. The Morgan fingerprint density at radius 1 is 1.39 bits per heavy atom. The summed E-state index contributed by atoms with van der Waals surface area (Å²) in [5.74, 6) is 0.581. The Morgan fingerprint density at radius 3 is 2.89 bits per heavy atom. The molecular formula is C12H16FN5. The van der Waals surface area contributed by atoms with Crippen LogP contribution >= 0.6 is 0 Å². The van der Waals surface area contributed by atoms with Gasteiger partial charge in [0.2, 0.25) is 0 Å². The predicted molar refractivity (Wildman–Crippen MR) is 67.1 cm³/mol. The van der Waals surface area contributed by atoms with Crippen molar-refractivity contribution >= 4 is 5.69 Å². The number of aryl methyl sites for hydroxylation is 1. The largest absolute Gasteiger partial charge is 0.399 e. The van der Waals surface area contributed by atoms with Crippen molar-refractivity contribution in [2.75, 3.05) is 5.73 Å². The van der Waals surface area contributed by atoms with Crippen LogP contribution in [0.5, 0.6) is 0 Å². The quantitative estimate of drug-likeness (QED) is 0.842. The molecule has 0 fully saturated rings. The highest BCUT2D eigenvalue weighted by Gasteiger charge is 2.14. The van der Waals surface area contributed by atoms with Crippen molar-refractivity contribution < 1.29 is 4.39 Å². The normalized spacial score (nSPS) is 11.1. The number of tetrazole rings is 1. The van der Waals surface area contributed by atoms with E-state index in [0.29, 0.717) is 29.5 Å². The Labute approximate surface area is 105 Å². The fourth-order valence-corrected chi connectivity index (χ4v) is 1.64. The molecule has 0 spiro atoms. The molecule has 0 saturated heterocycles. The van der Waals surface area contributed by atoms with Gasteiger partial charge in [0.25, 0.3) is 0 Å². The summed E-state index contributed by atoms with van der Waals surface area (Å²) < 4.78 is 15.4. The lowest BCUT2D eigenvalue weighted by molar-refractivity contribution is 0.480. The Kier molecular flexibility index (Phi) is 3.55. The summed E-state index contributed by atoms with van der Waals surface area (Å²) in [7, 11) is 0. The molecular weight excluding hydrogens is 233 g/mol. The second-order valence-corrected chi connectivity index (χ2v) is 4.65. The zero-order chi connectivity index (χ0) is 13.1. The highest BCUT2D eigenvalue weighted by molar-refractivity contribution is 5.61. The number of hydrogen-bond acceptors (Lipinski definition) is 4. The smallest absolute Gasteiger partial charge is 0.185 e. The van der Waals surface area contributed by atoms with E-state index in [9.17, 15) is 4.39 Å². The molecule has 0 radical (unpaired) electrons. The van der Waals surface area contributed by atoms with Gasteiger partial charge in [0.15, 0.2) is 5.82 Å². The number of anilines is 1. The SMILES string of the molecule is CC(C)CCn1nnnc1-c1cc(N)ccc1F. The van der Waals surface area contributed by atoms with E-state index in [2.05, 4.69) is 29.4 Å². The fraction of sp³-hybridized carbons (Fsp3) is 0.417. The number of nitrogens with two attached hydrogens (primary N) is 1. The summed E-state index contributed by atoms with van der Waals surface area (Å²) in [6.07, 6.45) is 0.933. The minimum absolute atomic E-state index is 0.337. The first-order valence-corrected chi connectivity index (χ1v) is 5.89. The van der Waals surface area contributed by atoms with E-state index in [1.807, 2.05) is 0 Å². The molecule has 5 nitrogen and oxygen atoms in total. The molecule has 1 aromatic carbocycles. The third-order valence-corrected chi connectivity index (χ3v) is 2.68. The Morgan fingerprint density at radius 2 is 2.17 bits per heavy atom. The molecule has 0 aliphatic heterocycles. The summed E-state index contributed by atoms with van der Waals surface area (Å²) in [5, 5.41) is 11.4. The van der Waals surface area contributed by atoms with Crippen LogP contribution in [-0.2, 0) is 6.54 Å². The van der Waals surface area contributed by atoms with Crippen molar-refractivity contribution in [3.63, 3.8) is 0 Å². The van der Waals surface area contributed by atoms with Crippen LogP contribution in [0.15, 0.2) is 18.2 Å². The summed E-state index contributed by atoms with van der Waals surface area (Å²) in [6, 6.07) is 4.39. The molecule has 2 rings (SSSR count). The molecule has 1 aromatic heterocycles. The Hall–Kier alpha value is -1.98. The highest BCUT2D eigenvalue weighted by atomic mass is 19.1. The van der Waals surface area contributed by atoms with Gasteiger partial charge in [0, 0.05) is 12.2 Å². The van der Waals surface area contributed by atoms with Crippen LogP contribution in [0.2, 0.25) is 0 Å². The lowest BCUT2D eigenvalue weighted by Crippen LogP contribution is -2.06. The minimum atomic E-state index is -0.371. The molecule has 1 heterocycles. The van der Waals surface area contributed by atoms with Crippen LogP contribution in [0.25, 0.3) is 11.4 Å². The highest BCUT2D eigenvalue weighted by Crippen LogP contribution is 2.22. The maximum atomic E-state index is 13.7. The molecule has 0 saturated carbocycles. The monoisotopic (exact) mass is 249 g/mol. The lowest BCUT2D eigenvalue weighted by atomic mass is 10.1. The maximum Gasteiger partial charge on any atom is 0.185 e. The van der Waals surface area contributed by atoms with Gasteiger partial charge in [-0.1, -0.05) is 13.8 Å². The van der Waals surface area contributed by atoms with Crippen molar-refractivity contribution in [2.24, 2.45) is 5.92 Å². The summed E-state index contributed by atoms with van der Waals surface area (Å²) in [5.41, 5.74) is 6.49. The van der Waals surface area contributed by atoms with E-state index in [4.69, 9.17) is 5.73 Å². The molecule has 6 heteroatoms. The molecule has 2 N–H and O–H groups in total. The molecule has 96 valence electrons. The first kappa shape index (κ1) is 12.5. The number of nitrogens with zero attached hydrogens (tertiary/aromatic N) is 4. The number of rotatable bonds is 4. The molecule has 0 aliphatic rings.